The van der Waals surface area contributed by atoms with Gasteiger partial charge in [-0.3, -0.25) is 0 Å². The number of nitrogens with two attached hydrogens (primary N) is 1. The molecule has 1 amide bonds. The zero-order valence-corrected chi connectivity index (χ0v) is 17.2. The van der Waals surface area contributed by atoms with Crippen LogP contribution >= 0.6 is 13.4 Å². The van der Waals surface area contributed by atoms with Crippen molar-refractivity contribution >= 4 is 43.1 Å². The normalized spacial score (nSPS) is 11.1. The van der Waals surface area contributed by atoms with Crippen LogP contribution in [-0.2, 0) is 63.1 Å². The Morgan fingerprint density at radius 3 is 1.23 bits per heavy atom. The van der Waals surface area contributed by atoms with E-state index in [9.17, 15) is 0 Å². The van der Waals surface area contributed by atoms with E-state index in [2.05, 4.69) is 5.73 Å². The number of rotatable bonds is 10. The molecule has 0 rings (SSSR count). The Hall–Kier alpha value is 0.889. The summed E-state index contributed by atoms with van der Waals surface area (Å²) in [6.07, 6.45) is -1.33. The fraction of sp³-hybridized carbons (Fsp3) is 0.889. The molecule has 0 saturated heterocycles. The topological polar surface area (TPSA) is 109 Å². The molecule has 0 bridgehead atoms. The van der Waals surface area contributed by atoms with Crippen molar-refractivity contribution in [3.05, 3.63) is 0 Å². The number of carbonyl (C=O) groups is 1. The van der Waals surface area contributed by atoms with Crippen LogP contribution < -0.4 is 5.73 Å². The predicted octanol–water partition coefficient (Wildman–Crippen LogP) is 3.22. The molecule has 0 fully saturated rings. The van der Waals surface area contributed by atoms with Gasteiger partial charge in [0.05, 0.1) is 26.4 Å². The van der Waals surface area contributed by atoms with Crippen LogP contribution in [0.4, 0.5) is 4.79 Å². The predicted molar refractivity (Wildman–Crippen MR) is 88.4 cm³/mol. The van der Waals surface area contributed by atoms with Crippen molar-refractivity contribution in [3.8, 4) is 0 Å². The van der Waals surface area contributed by atoms with Gasteiger partial charge in [0.25, 0.3) is 0 Å². The van der Waals surface area contributed by atoms with E-state index in [0.717, 1.165) is 0 Å². The number of primary amides is 1. The first kappa shape index (κ1) is 27.7. The molecule has 0 heterocycles. The van der Waals surface area contributed by atoms with Crippen LogP contribution in [0, 0.1) is 0 Å². The molecule has 0 aromatic carbocycles. The van der Waals surface area contributed by atoms with Gasteiger partial charge in [-0.1, -0.05) is 0 Å². The van der Waals surface area contributed by atoms with Gasteiger partial charge < -0.3 is 28.9 Å². The van der Waals surface area contributed by atoms with Gasteiger partial charge in [-0.25, -0.2) is 9.11 Å². The maximum atomic E-state index is 8.78. The summed E-state index contributed by atoms with van der Waals surface area (Å²) < 4.78 is 26.9. The minimum atomic E-state index is -2.87. The zero-order valence-electron chi connectivity index (χ0n) is 12.8. The molecule has 0 unspecified atom stereocenters. The fourth-order valence-corrected chi connectivity index (χ4v) is 7.30. The molecule has 0 atom stereocenters. The second-order valence-corrected chi connectivity index (χ2v) is 9.14. The third-order valence-electron chi connectivity index (χ3n) is 1.35. The number of amides is 1. The van der Waals surface area contributed by atoms with Crippen molar-refractivity contribution in [2.24, 2.45) is 5.73 Å². The van der Waals surface area contributed by atoms with Gasteiger partial charge in [0, 0.05) is 17.1 Å². The fourth-order valence-electron chi connectivity index (χ4n) is 0.924. The second kappa shape index (κ2) is 15.4. The quantitative estimate of drug-likeness (QED) is 0.386. The van der Waals surface area contributed by atoms with E-state index in [0.29, 0.717) is 26.4 Å². The number of hydrogen-bond acceptors (Lipinski definition) is 8. The smallest absolute Gasteiger partial charge is 0.402 e. The van der Waals surface area contributed by atoms with Crippen molar-refractivity contribution in [2.75, 3.05) is 26.4 Å². The van der Waals surface area contributed by atoms with Crippen LogP contribution in [0.2, 0.25) is 0 Å². The van der Waals surface area contributed by atoms with Gasteiger partial charge in [0.1, 0.15) is 0 Å². The summed E-state index contributed by atoms with van der Waals surface area (Å²) in [7, 11) is 0. The number of carboxylic acid groups (broad SMARTS) is 1. The summed E-state index contributed by atoms with van der Waals surface area (Å²) in [4.78, 5) is 8.78. The third kappa shape index (κ3) is 15.8. The Morgan fingerprint density at radius 1 is 0.909 bits per heavy atom. The molecule has 22 heavy (non-hydrogen) atoms. The van der Waals surface area contributed by atoms with Gasteiger partial charge in [-0.15, -0.1) is 0 Å². The van der Waals surface area contributed by atoms with Crippen LogP contribution in [0.1, 0.15) is 27.7 Å². The largest absolute Gasteiger partial charge is 0.465 e. The molecule has 8 nitrogen and oxygen atoms in total. The van der Waals surface area contributed by atoms with Crippen LogP contribution in [-0.4, -0.2) is 37.6 Å². The summed E-state index contributed by atoms with van der Waals surface area (Å²) in [6.45, 7) is 3.09. The Labute approximate surface area is 152 Å². The minimum Gasteiger partial charge on any atom is -0.465 e. The molecule has 13 heteroatoms. The van der Waals surface area contributed by atoms with E-state index < -0.39 is 19.5 Å². The first-order valence-corrected chi connectivity index (χ1v) is 11.3. The molecule has 0 spiro atoms. The maximum Gasteiger partial charge on any atom is 0.402 e. The molecule has 0 aliphatic rings. The molecule has 0 aromatic rings. The van der Waals surface area contributed by atoms with Gasteiger partial charge in [0.2, 0.25) is 0 Å². The van der Waals surface area contributed by atoms with E-state index in [4.69, 9.17) is 55.9 Å². The average molecular weight is 447 g/mol. The standard InChI is InChI=1S/C8H20O5P2S2.CH3NO2.Cu/c1-5-9-14(16,10-6-2)13-15(17,11-7-3)12-8-4;2-1(3)4;/h5-8H2,1-4H3;2H2,(H,3,4);. The Balaban J connectivity index is -0.000000640. The van der Waals surface area contributed by atoms with E-state index in [1.54, 1.807) is 0 Å². The van der Waals surface area contributed by atoms with Gasteiger partial charge >= 0.3 is 19.5 Å². The molecule has 3 N–H and O–H groups in total. The van der Waals surface area contributed by atoms with Crippen LogP contribution in [0.3, 0.4) is 0 Å². The first-order valence-electron chi connectivity index (χ1n) is 6.16. The van der Waals surface area contributed by atoms with E-state index in [1.807, 2.05) is 27.7 Å². The molecular formula is C9H23CuNO7P2S2. The Bertz CT molecular complexity index is 337. The van der Waals surface area contributed by atoms with Gasteiger partial charge in [0.15, 0.2) is 0 Å². The minimum absolute atomic E-state index is 0. The molecule has 0 aliphatic carbocycles. The molecule has 0 aromatic heterocycles. The van der Waals surface area contributed by atoms with Crippen molar-refractivity contribution in [1.29, 1.82) is 0 Å². The SMILES string of the molecule is CCOP(=S)(OCC)OP(=S)(OCC)OCC.NC(=O)O.[Cu]. The second-order valence-electron chi connectivity index (χ2n) is 2.99. The van der Waals surface area contributed by atoms with E-state index in [1.165, 1.54) is 0 Å². The monoisotopic (exact) mass is 446 g/mol. The Morgan fingerprint density at radius 2 is 1.09 bits per heavy atom. The van der Waals surface area contributed by atoms with Crippen molar-refractivity contribution in [2.45, 2.75) is 27.7 Å². The van der Waals surface area contributed by atoms with Crippen LogP contribution in [0.25, 0.3) is 0 Å². The molecule has 0 saturated carbocycles. The molecule has 1 radical (unpaired) electrons. The summed E-state index contributed by atoms with van der Waals surface area (Å²) >= 11 is 10.4. The van der Waals surface area contributed by atoms with Crippen molar-refractivity contribution in [1.82, 2.24) is 0 Å². The first-order chi connectivity index (χ1) is 9.68. The van der Waals surface area contributed by atoms with Crippen molar-refractivity contribution < 1.29 is 49.4 Å². The Kier molecular flexibility index (Phi) is 19.4. The molecule has 0 aliphatic heterocycles. The van der Waals surface area contributed by atoms with E-state index >= 15 is 0 Å². The maximum absolute atomic E-state index is 8.78. The number of hydrogen-bond donors (Lipinski definition) is 2. The zero-order chi connectivity index (χ0) is 16.9. The summed E-state index contributed by atoms with van der Waals surface area (Å²) in [5, 5.41) is 7.19. The molecular weight excluding hydrogens is 424 g/mol. The van der Waals surface area contributed by atoms with Crippen LogP contribution in [0.15, 0.2) is 0 Å². The van der Waals surface area contributed by atoms with Crippen molar-refractivity contribution in [3.63, 3.8) is 0 Å². The summed E-state index contributed by atoms with van der Waals surface area (Å²) in [5.41, 5.74) is 4.03. The average Bonchev–Trinajstić information content (AvgIpc) is 2.28. The van der Waals surface area contributed by atoms with Gasteiger partial charge in [-0.05, 0) is 51.3 Å². The third-order valence-corrected chi connectivity index (χ3v) is 7.71. The molecule has 139 valence electrons. The van der Waals surface area contributed by atoms with Gasteiger partial charge in [-0.2, -0.15) is 0 Å². The summed E-state index contributed by atoms with van der Waals surface area (Å²) in [5.74, 6) is 0. The summed E-state index contributed by atoms with van der Waals surface area (Å²) in [6, 6.07) is 0. The van der Waals surface area contributed by atoms with Crippen LogP contribution in [0.5, 0.6) is 0 Å². The van der Waals surface area contributed by atoms with E-state index in [-0.39, 0.29) is 17.1 Å².